The van der Waals surface area contributed by atoms with Crippen LogP contribution in [0.1, 0.15) is 42.3 Å². The van der Waals surface area contributed by atoms with E-state index in [4.69, 9.17) is 4.74 Å². The van der Waals surface area contributed by atoms with Gasteiger partial charge in [-0.3, -0.25) is 4.79 Å². The molecule has 0 radical (unpaired) electrons. The number of hydrogen-bond donors (Lipinski definition) is 0. The minimum atomic E-state index is -0.640. The van der Waals surface area contributed by atoms with Crippen LogP contribution in [0.2, 0.25) is 0 Å². The average Bonchev–Trinajstić information content (AvgIpc) is 2.69. The average molecular weight is 377 g/mol. The number of ether oxygens (including phenoxy) is 2. The van der Waals surface area contributed by atoms with Crippen LogP contribution in [0.3, 0.4) is 0 Å². The minimum Gasteiger partial charge on any atom is -0.488 e. The number of esters is 1. The molecule has 0 saturated carbocycles. The maximum Gasteiger partial charge on any atom is 0.337 e. The maximum atomic E-state index is 12.4. The van der Waals surface area contributed by atoms with Gasteiger partial charge in [0, 0.05) is 11.0 Å². The van der Waals surface area contributed by atoms with Gasteiger partial charge in [0.25, 0.3) is 0 Å². The zero-order valence-corrected chi connectivity index (χ0v) is 16.5. The van der Waals surface area contributed by atoms with Gasteiger partial charge in [-0.05, 0) is 29.8 Å². The summed E-state index contributed by atoms with van der Waals surface area (Å²) in [6.07, 6.45) is 1.56. The van der Waals surface area contributed by atoms with E-state index in [-0.39, 0.29) is 18.0 Å². The summed E-state index contributed by atoms with van der Waals surface area (Å²) in [6.45, 7) is 5.62. The SMILES string of the molecule is COC(=O)c1ccc(COc2ccccc2C=C(C#N)C(=O)C(C)(C)C)cc1. The van der Waals surface area contributed by atoms with Gasteiger partial charge in [-0.1, -0.05) is 51.1 Å². The summed E-state index contributed by atoms with van der Waals surface area (Å²) in [7, 11) is 1.34. The first-order valence-corrected chi connectivity index (χ1v) is 8.82. The summed E-state index contributed by atoms with van der Waals surface area (Å²) in [5, 5.41) is 9.39. The fourth-order valence-corrected chi connectivity index (χ4v) is 2.46. The van der Waals surface area contributed by atoms with Gasteiger partial charge >= 0.3 is 5.97 Å². The standard InChI is InChI=1S/C23H23NO4/c1-23(2,3)21(25)19(14-24)13-18-7-5-6-8-20(18)28-15-16-9-11-17(12-10-16)22(26)27-4/h5-13H,15H2,1-4H3. The highest BCUT2D eigenvalue weighted by molar-refractivity contribution is 6.06. The van der Waals surface area contributed by atoms with Crippen LogP contribution in [0, 0.1) is 16.7 Å². The molecule has 2 rings (SSSR count). The third-order valence-electron chi connectivity index (χ3n) is 4.03. The van der Waals surface area contributed by atoms with Crippen molar-refractivity contribution in [1.82, 2.24) is 0 Å². The molecule has 144 valence electrons. The van der Waals surface area contributed by atoms with Gasteiger partial charge in [-0.25, -0.2) is 4.79 Å². The van der Waals surface area contributed by atoms with Crippen molar-refractivity contribution in [3.05, 3.63) is 70.8 Å². The topological polar surface area (TPSA) is 76.4 Å². The van der Waals surface area contributed by atoms with Gasteiger partial charge in [-0.2, -0.15) is 5.26 Å². The maximum absolute atomic E-state index is 12.4. The van der Waals surface area contributed by atoms with Crippen molar-refractivity contribution < 1.29 is 19.1 Å². The van der Waals surface area contributed by atoms with Gasteiger partial charge in [-0.15, -0.1) is 0 Å². The number of nitrogens with zero attached hydrogens (tertiary/aromatic N) is 1. The number of hydrogen-bond acceptors (Lipinski definition) is 5. The first kappa shape index (κ1) is 20.9. The highest BCUT2D eigenvalue weighted by Gasteiger charge is 2.25. The molecule has 2 aromatic carbocycles. The molecule has 5 heteroatoms. The molecule has 2 aromatic rings. The molecule has 28 heavy (non-hydrogen) atoms. The molecular formula is C23H23NO4. The number of allylic oxidation sites excluding steroid dienone is 1. The second-order valence-corrected chi connectivity index (χ2v) is 7.26. The van der Waals surface area contributed by atoms with Gasteiger partial charge in [0.2, 0.25) is 0 Å². The number of carbonyl (C=O) groups is 2. The Morgan fingerprint density at radius 2 is 1.71 bits per heavy atom. The van der Waals surface area contributed by atoms with Crippen molar-refractivity contribution in [3.63, 3.8) is 0 Å². The van der Waals surface area contributed by atoms with Gasteiger partial charge in [0.15, 0.2) is 5.78 Å². The number of ketones is 1. The lowest BCUT2D eigenvalue weighted by atomic mass is 9.86. The Balaban J connectivity index is 2.20. The van der Waals surface area contributed by atoms with E-state index in [2.05, 4.69) is 4.74 Å². The first-order chi connectivity index (χ1) is 13.3. The Bertz CT molecular complexity index is 928. The van der Waals surface area contributed by atoms with Crippen LogP contribution in [-0.2, 0) is 16.1 Å². The van der Waals surface area contributed by atoms with Crippen LogP contribution in [-0.4, -0.2) is 18.9 Å². The molecule has 0 unspecified atom stereocenters. The predicted octanol–water partition coefficient (Wildman–Crippen LogP) is 4.57. The highest BCUT2D eigenvalue weighted by atomic mass is 16.5. The first-order valence-electron chi connectivity index (χ1n) is 8.82. The Morgan fingerprint density at radius 1 is 1.07 bits per heavy atom. The van der Waals surface area contributed by atoms with E-state index in [9.17, 15) is 14.9 Å². The van der Waals surface area contributed by atoms with Crippen molar-refractivity contribution in [2.24, 2.45) is 5.41 Å². The molecule has 0 bridgehead atoms. The smallest absolute Gasteiger partial charge is 0.337 e. The van der Waals surface area contributed by atoms with Crippen molar-refractivity contribution in [2.45, 2.75) is 27.4 Å². The zero-order valence-electron chi connectivity index (χ0n) is 16.5. The summed E-state index contributed by atoms with van der Waals surface area (Å²) < 4.78 is 10.6. The summed E-state index contributed by atoms with van der Waals surface area (Å²) in [5.74, 6) is -0.0484. The van der Waals surface area contributed by atoms with Crippen LogP contribution in [0.25, 0.3) is 6.08 Å². The van der Waals surface area contributed by atoms with Crippen LogP contribution < -0.4 is 4.74 Å². The summed E-state index contributed by atoms with van der Waals surface area (Å²) in [6, 6.07) is 16.1. The van der Waals surface area contributed by atoms with Crippen LogP contribution in [0.4, 0.5) is 0 Å². The molecule has 0 fully saturated rings. The van der Waals surface area contributed by atoms with Crippen LogP contribution in [0.5, 0.6) is 5.75 Å². The van der Waals surface area contributed by atoms with E-state index in [1.807, 2.05) is 18.2 Å². The van der Waals surface area contributed by atoms with Gasteiger partial charge in [0.1, 0.15) is 18.4 Å². The highest BCUT2D eigenvalue weighted by Crippen LogP contribution is 2.26. The third-order valence-corrected chi connectivity index (χ3v) is 4.03. The van der Waals surface area contributed by atoms with Crippen LogP contribution in [0.15, 0.2) is 54.1 Å². The summed E-state index contributed by atoms with van der Waals surface area (Å²) >= 11 is 0. The molecule has 0 heterocycles. The fraction of sp³-hybridized carbons (Fsp3) is 0.261. The van der Waals surface area contributed by atoms with E-state index >= 15 is 0 Å². The normalized spacial score (nSPS) is 11.5. The Morgan fingerprint density at radius 3 is 2.29 bits per heavy atom. The molecule has 0 aliphatic heterocycles. The van der Waals surface area contributed by atoms with Crippen molar-refractivity contribution >= 4 is 17.8 Å². The number of methoxy groups -OCH3 is 1. The molecule has 0 aromatic heterocycles. The molecule has 0 saturated heterocycles. The third kappa shape index (κ3) is 5.31. The monoisotopic (exact) mass is 377 g/mol. The lowest BCUT2D eigenvalue weighted by molar-refractivity contribution is -0.121. The Labute approximate surface area is 165 Å². The fourth-order valence-electron chi connectivity index (χ4n) is 2.46. The number of carbonyl (C=O) groups excluding carboxylic acids is 2. The van der Waals surface area contributed by atoms with Crippen molar-refractivity contribution in [2.75, 3.05) is 7.11 Å². The van der Waals surface area contributed by atoms with E-state index in [1.165, 1.54) is 7.11 Å². The number of rotatable bonds is 6. The van der Waals surface area contributed by atoms with Crippen LogP contribution >= 0.6 is 0 Å². The largest absolute Gasteiger partial charge is 0.488 e. The molecule has 0 aliphatic rings. The van der Waals surface area contributed by atoms with Crippen molar-refractivity contribution in [3.8, 4) is 11.8 Å². The van der Waals surface area contributed by atoms with Gasteiger partial charge in [0.05, 0.1) is 18.2 Å². The van der Waals surface area contributed by atoms with Crippen molar-refractivity contribution in [1.29, 1.82) is 5.26 Å². The lowest BCUT2D eigenvalue weighted by Gasteiger charge is -2.16. The number of Topliss-reactive ketones (excluding diaryl/α,β-unsaturated/α-hetero) is 1. The quantitative estimate of drug-likeness (QED) is 0.418. The molecule has 0 aliphatic carbocycles. The number of nitriles is 1. The second-order valence-electron chi connectivity index (χ2n) is 7.26. The van der Waals surface area contributed by atoms with E-state index < -0.39 is 11.4 Å². The minimum absolute atomic E-state index is 0.0889. The number of para-hydroxylation sites is 1. The Hall–Kier alpha value is -3.39. The molecule has 5 nitrogen and oxygen atoms in total. The summed E-state index contributed by atoms with van der Waals surface area (Å²) in [5.41, 5.74) is 1.44. The van der Waals surface area contributed by atoms with E-state index in [0.29, 0.717) is 16.9 Å². The molecule has 0 spiro atoms. The molecule has 0 amide bonds. The predicted molar refractivity (Wildman–Crippen MR) is 107 cm³/mol. The van der Waals surface area contributed by atoms with E-state index in [1.54, 1.807) is 63.2 Å². The Kier molecular flexibility index (Phi) is 6.73. The van der Waals surface area contributed by atoms with E-state index in [0.717, 1.165) is 5.56 Å². The molecular weight excluding hydrogens is 354 g/mol. The summed E-state index contributed by atoms with van der Waals surface area (Å²) in [4.78, 5) is 23.9. The zero-order chi connectivity index (χ0) is 20.7. The lowest BCUT2D eigenvalue weighted by Crippen LogP contribution is -2.21. The second kappa shape index (κ2) is 9.01. The number of benzene rings is 2. The molecule has 0 N–H and O–H groups in total. The van der Waals surface area contributed by atoms with Gasteiger partial charge < -0.3 is 9.47 Å². The molecule has 0 atom stereocenters.